The Morgan fingerprint density at radius 1 is 0.830 bits per heavy atom. The zero-order valence-electron chi connectivity index (χ0n) is 28.3. The average Bonchev–Trinajstić information content (AvgIpc) is 3.14. The van der Waals surface area contributed by atoms with Crippen molar-refractivity contribution in [2.75, 3.05) is 20.3 Å². The number of hydrogen-bond acceptors (Lipinski definition) is 19. The first-order valence-corrected chi connectivity index (χ1v) is 16.6. The maximum absolute atomic E-state index is 13.0. The molecule has 0 aromatic carbocycles. The molecule has 0 aliphatic carbocycles. The van der Waals surface area contributed by atoms with Crippen LogP contribution in [-0.4, -0.2) is 159 Å². The lowest BCUT2D eigenvalue weighted by Crippen LogP contribution is -2.60. The summed E-state index contributed by atoms with van der Waals surface area (Å²) in [4.78, 5) is 36.9. The zero-order chi connectivity index (χ0) is 38.7. The molecule has 5 rings (SSSR count). The average molecular weight is 761 g/mol. The number of carboxylic acids is 1. The first kappa shape index (κ1) is 40.7. The molecule has 8 N–H and O–H groups in total. The van der Waals surface area contributed by atoms with Crippen LogP contribution in [0, 0.1) is 23.7 Å². The van der Waals surface area contributed by atoms with E-state index in [9.17, 15) is 55.2 Å². The number of carboxylic acid groups (broad SMARTS) is 1. The Morgan fingerprint density at radius 3 is 1.96 bits per heavy atom. The van der Waals surface area contributed by atoms with Crippen LogP contribution in [0.3, 0.4) is 0 Å². The summed E-state index contributed by atoms with van der Waals surface area (Å²) in [6.07, 6.45) is -16.0. The van der Waals surface area contributed by atoms with Crippen LogP contribution in [0.4, 0.5) is 0 Å². The van der Waals surface area contributed by atoms with Gasteiger partial charge >= 0.3 is 17.9 Å². The van der Waals surface area contributed by atoms with Crippen LogP contribution in [0.2, 0.25) is 0 Å². The van der Waals surface area contributed by atoms with Crippen LogP contribution in [0.25, 0.3) is 0 Å². The summed E-state index contributed by atoms with van der Waals surface area (Å²) >= 11 is 0. The van der Waals surface area contributed by atoms with Gasteiger partial charge in [-0.3, -0.25) is 4.79 Å². The molecule has 5 aliphatic rings. The van der Waals surface area contributed by atoms with Crippen molar-refractivity contribution in [1.29, 1.82) is 0 Å². The topological polar surface area (TPSA) is 296 Å². The highest BCUT2D eigenvalue weighted by atomic mass is 16.8. The second-order valence-corrected chi connectivity index (χ2v) is 13.0. The highest BCUT2D eigenvalue weighted by molar-refractivity contribution is 5.90. The Morgan fingerprint density at radius 2 is 1.40 bits per heavy atom. The molecule has 296 valence electrons. The number of aliphatic hydroxyl groups is 7. The molecule has 0 saturated carbocycles. The van der Waals surface area contributed by atoms with E-state index >= 15 is 0 Å². The second-order valence-electron chi connectivity index (χ2n) is 13.0. The van der Waals surface area contributed by atoms with Crippen molar-refractivity contribution < 1.29 is 97.9 Å². The number of carbonyl (C=O) groups excluding carboxylic acids is 2. The van der Waals surface area contributed by atoms with Gasteiger partial charge in [-0.05, 0) is 0 Å². The lowest BCUT2D eigenvalue weighted by Gasteiger charge is -2.44. The zero-order valence-corrected chi connectivity index (χ0v) is 28.3. The molecule has 0 unspecified atom stereocenters. The summed E-state index contributed by atoms with van der Waals surface area (Å²) in [6.45, 7) is 6.27. The van der Waals surface area contributed by atoms with Gasteiger partial charge in [-0.1, -0.05) is 12.2 Å². The van der Waals surface area contributed by atoms with Crippen molar-refractivity contribution >= 4 is 17.9 Å². The number of rotatable bonds is 13. The predicted molar refractivity (Wildman–Crippen MR) is 168 cm³/mol. The molecule has 5 heterocycles. The molecule has 0 spiro atoms. The number of aliphatic hydroxyl groups excluding tert-OH is 7. The molecule has 53 heavy (non-hydrogen) atoms. The van der Waals surface area contributed by atoms with Gasteiger partial charge in [-0.15, -0.1) is 13.2 Å². The van der Waals surface area contributed by atoms with Gasteiger partial charge in [0, 0.05) is 30.1 Å². The summed E-state index contributed by atoms with van der Waals surface area (Å²) in [7, 11) is 1.11. The number of cyclic esters (lactones) is 1. The van der Waals surface area contributed by atoms with Gasteiger partial charge in [0.15, 0.2) is 12.6 Å². The minimum atomic E-state index is -1.84. The van der Waals surface area contributed by atoms with Crippen molar-refractivity contribution in [1.82, 2.24) is 0 Å². The standard InChI is InChI=1S/C33H44O20/c1-4-12-14(6-20(35)36)16(28(43)45-3)9-47-30(12)53-33-27(42)25(40)23(38)19(50-33)11-46-21-7-15-13(5-2)31(48-10-17(15)29(44)51-21)52-32-26(41)24(39)22(37)18(8-34)49-32/h4-5,9-10,12-15,18-19,21-27,30-34,37-42H,1-2,6-8,11H2,3H3,(H,35,36)/t12-,13-,14+,15+,18-,19+,21-,22-,23+,24+,25-,26-,27+,30+,31+,32+,33-/m1/s1. The Kier molecular flexibility index (Phi) is 13.3. The van der Waals surface area contributed by atoms with Crippen LogP contribution >= 0.6 is 0 Å². The fourth-order valence-electron chi connectivity index (χ4n) is 6.82. The fraction of sp³-hybridized carbons (Fsp3) is 0.667. The number of aliphatic carboxylic acids is 1. The Hall–Kier alpha value is -3.51. The lowest BCUT2D eigenvalue weighted by atomic mass is 9.80. The van der Waals surface area contributed by atoms with E-state index < -0.39 is 141 Å². The summed E-state index contributed by atoms with van der Waals surface area (Å²) in [6, 6.07) is 0. The van der Waals surface area contributed by atoms with Crippen molar-refractivity contribution in [2.45, 2.75) is 93.1 Å². The third-order valence-corrected chi connectivity index (χ3v) is 9.80. The predicted octanol–water partition coefficient (Wildman–Crippen LogP) is -3.12. The van der Waals surface area contributed by atoms with Gasteiger partial charge in [0.1, 0.15) is 48.8 Å². The lowest BCUT2D eigenvalue weighted by molar-refractivity contribution is -0.345. The molecule has 3 fully saturated rings. The van der Waals surface area contributed by atoms with Gasteiger partial charge in [0.25, 0.3) is 0 Å². The van der Waals surface area contributed by atoms with E-state index in [1.807, 2.05) is 0 Å². The molecule has 0 bridgehead atoms. The van der Waals surface area contributed by atoms with Gasteiger partial charge < -0.3 is 83.5 Å². The molecule has 5 aliphatic heterocycles. The van der Waals surface area contributed by atoms with Gasteiger partial charge in [-0.2, -0.15) is 0 Å². The summed E-state index contributed by atoms with van der Waals surface area (Å²) < 4.78 is 49.8. The van der Waals surface area contributed by atoms with Crippen molar-refractivity contribution in [3.8, 4) is 0 Å². The first-order chi connectivity index (χ1) is 25.2. The molecule has 0 amide bonds. The molecule has 0 aromatic rings. The second kappa shape index (κ2) is 17.3. The number of fused-ring (bicyclic) bond motifs is 1. The molecule has 17 atom stereocenters. The molecular weight excluding hydrogens is 716 g/mol. The number of carbonyl (C=O) groups is 3. The number of methoxy groups -OCH3 is 1. The minimum absolute atomic E-state index is 0.0170. The van der Waals surface area contributed by atoms with Crippen molar-refractivity contribution in [3.63, 3.8) is 0 Å². The van der Waals surface area contributed by atoms with Crippen molar-refractivity contribution in [3.05, 3.63) is 49.0 Å². The molecule has 0 aromatic heterocycles. The van der Waals surface area contributed by atoms with E-state index in [0.29, 0.717) is 0 Å². The molecule has 20 nitrogen and oxygen atoms in total. The van der Waals surface area contributed by atoms with Crippen LogP contribution in [0.15, 0.2) is 49.0 Å². The quantitative estimate of drug-likeness (QED) is 0.0680. The number of esters is 2. The van der Waals surface area contributed by atoms with E-state index in [0.717, 1.165) is 19.6 Å². The van der Waals surface area contributed by atoms with Gasteiger partial charge in [0.2, 0.25) is 18.9 Å². The normalized spacial score (nSPS) is 42.7. The van der Waals surface area contributed by atoms with E-state index in [4.69, 9.17) is 42.6 Å². The number of ether oxygens (including phenoxy) is 9. The Bertz CT molecular complexity index is 1410. The summed E-state index contributed by atoms with van der Waals surface area (Å²) in [5.41, 5.74) is 0.000686. The highest BCUT2D eigenvalue weighted by Crippen LogP contribution is 2.41. The Balaban J connectivity index is 1.24. The largest absolute Gasteiger partial charge is 0.481 e. The molecule has 0 radical (unpaired) electrons. The molecule has 20 heteroatoms. The summed E-state index contributed by atoms with van der Waals surface area (Å²) in [5.74, 6) is -6.40. The Labute approximate surface area is 301 Å². The highest BCUT2D eigenvalue weighted by Gasteiger charge is 2.51. The van der Waals surface area contributed by atoms with Gasteiger partial charge in [0.05, 0.1) is 50.4 Å². The first-order valence-electron chi connectivity index (χ1n) is 16.6. The fourth-order valence-corrected chi connectivity index (χ4v) is 6.82. The maximum atomic E-state index is 13.0. The molecular formula is C33H44O20. The number of hydrogen-bond donors (Lipinski definition) is 8. The smallest absolute Gasteiger partial charge is 0.339 e. The van der Waals surface area contributed by atoms with E-state index in [1.165, 1.54) is 12.2 Å². The third-order valence-electron chi connectivity index (χ3n) is 9.80. The van der Waals surface area contributed by atoms with E-state index in [2.05, 4.69) is 13.2 Å². The third kappa shape index (κ3) is 8.43. The summed E-state index contributed by atoms with van der Waals surface area (Å²) in [5, 5.41) is 81.8. The maximum Gasteiger partial charge on any atom is 0.339 e. The molecule has 3 saturated heterocycles. The van der Waals surface area contributed by atoms with Crippen LogP contribution in [0.5, 0.6) is 0 Å². The van der Waals surface area contributed by atoms with Crippen molar-refractivity contribution in [2.24, 2.45) is 23.7 Å². The van der Waals surface area contributed by atoms with Gasteiger partial charge in [-0.25, -0.2) is 9.59 Å². The van der Waals surface area contributed by atoms with E-state index in [-0.39, 0.29) is 17.6 Å². The van der Waals surface area contributed by atoms with Crippen LogP contribution in [-0.2, 0) is 57.0 Å². The van der Waals surface area contributed by atoms with E-state index in [1.54, 1.807) is 0 Å². The SMILES string of the molecule is C=C[C@H]1[C@H](O[C@H]2O[C@@H](CO[C@H]3C[C@@H]4C(=CO[C@@H](O[C@@H]5O[C@H](CO)[C@@H](O)[C@H](O)[C@H]5O)[C@@H]4C=C)C(=O)O3)[C@H](O)[C@@H](O)[C@@H]2O)OC=C(C(=O)OC)[C@H]1CC(=O)O. The minimum Gasteiger partial charge on any atom is -0.481 e. The van der Waals surface area contributed by atoms with Crippen LogP contribution in [0.1, 0.15) is 12.8 Å². The van der Waals surface area contributed by atoms with Crippen LogP contribution < -0.4 is 0 Å². The monoisotopic (exact) mass is 760 g/mol.